The lowest BCUT2D eigenvalue weighted by molar-refractivity contribution is 0.568. The number of hydrogen-bond donors (Lipinski definition) is 0. The molecule has 2 heterocycles. The van der Waals surface area contributed by atoms with Gasteiger partial charge >= 0.3 is 0 Å². The van der Waals surface area contributed by atoms with E-state index in [-0.39, 0.29) is 6.04 Å². The van der Waals surface area contributed by atoms with Crippen molar-refractivity contribution in [2.75, 3.05) is 9.80 Å². The number of anilines is 5. The Kier molecular flexibility index (Phi) is 8.10. The van der Waals surface area contributed by atoms with E-state index < -0.39 is 0 Å². The van der Waals surface area contributed by atoms with Gasteiger partial charge in [-0.1, -0.05) is 158 Å². The smallest absolute Gasteiger partial charge is 0.138 e. The van der Waals surface area contributed by atoms with E-state index in [1.165, 1.54) is 60.9 Å². The van der Waals surface area contributed by atoms with Gasteiger partial charge in [0.2, 0.25) is 0 Å². The number of para-hydroxylation sites is 4. The van der Waals surface area contributed by atoms with Crippen LogP contribution in [0.1, 0.15) is 29.9 Å². The zero-order chi connectivity index (χ0) is 37.7. The summed E-state index contributed by atoms with van der Waals surface area (Å²) >= 11 is 0. The minimum absolute atomic E-state index is 0.222. The molecule has 0 bridgehead atoms. The highest BCUT2D eigenvalue weighted by Gasteiger charge is 2.38. The van der Waals surface area contributed by atoms with Gasteiger partial charge in [0.25, 0.3) is 0 Å². The van der Waals surface area contributed by atoms with Crippen molar-refractivity contribution < 1.29 is 4.42 Å². The molecule has 2 unspecified atom stereocenters. The summed E-state index contributed by atoms with van der Waals surface area (Å²) in [6, 6.07) is 64.0. The summed E-state index contributed by atoms with van der Waals surface area (Å²) in [6.07, 6.45) is 13.4. The molecule has 7 aromatic carbocycles. The number of hydrogen-bond acceptors (Lipinski definition) is 3. The number of nitrogens with zero attached hydrogens (tertiary/aromatic N) is 2. The average molecular weight is 733 g/mol. The van der Waals surface area contributed by atoms with E-state index in [1.54, 1.807) is 0 Å². The molecule has 0 amide bonds. The fraction of sp³-hybridized carbons (Fsp3) is 0.0741. The van der Waals surface area contributed by atoms with Crippen LogP contribution in [0.25, 0.3) is 44.9 Å². The predicted molar refractivity (Wildman–Crippen MR) is 237 cm³/mol. The van der Waals surface area contributed by atoms with E-state index in [1.807, 2.05) is 6.07 Å². The number of benzene rings is 7. The molecular weight excluding hydrogens is 693 g/mol. The molecular formula is C54H40N2O. The van der Waals surface area contributed by atoms with E-state index in [0.29, 0.717) is 5.92 Å². The van der Waals surface area contributed by atoms with Crippen LogP contribution in [0.3, 0.4) is 0 Å². The van der Waals surface area contributed by atoms with Gasteiger partial charge < -0.3 is 14.2 Å². The standard InChI is InChI=1S/C54H40N2O/c1-2-16-37(17-3-1)42-20-4-9-27-49(42)55(40-34-32-38(33-35-40)44-25-15-26-48-47-24-8-13-31-53(47)57-54(44)48)41-19-14-18-39(36-41)43-21-5-10-28-50(43)56-51-29-11-6-22-45(51)46-23-7-12-30-52(46)56/h1-14,16-24,26-36,45,51H,15,25H2. The van der Waals surface area contributed by atoms with E-state index in [2.05, 4.69) is 210 Å². The first-order chi connectivity index (χ1) is 28.3. The fourth-order valence-corrected chi connectivity index (χ4v) is 9.32. The van der Waals surface area contributed by atoms with Gasteiger partial charge in [-0.25, -0.2) is 0 Å². The Bertz CT molecular complexity index is 2990. The van der Waals surface area contributed by atoms with Gasteiger partial charge in [0.1, 0.15) is 11.0 Å². The van der Waals surface area contributed by atoms with E-state index >= 15 is 0 Å². The number of fused-ring (bicyclic) bond motifs is 6. The lowest BCUT2D eigenvalue weighted by Gasteiger charge is -2.31. The van der Waals surface area contributed by atoms with Gasteiger partial charge in [0.15, 0.2) is 0 Å². The fourth-order valence-electron chi connectivity index (χ4n) is 9.32. The Morgan fingerprint density at radius 2 is 1.26 bits per heavy atom. The second-order valence-corrected chi connectivity index (χ2v) is 15.1. The van der Waals surface area contributed by atoms with Crippen molar-refractivity contribution in [2.24, 2.45) is 0 Å². The Morgan fingerprint density at radius 1 is 0.544 bits per heavy atom. The van der Waals surface area contributed by atoms with E-state index in [0.717, 1.165) is 40.9 Å². The van der Waals surface area contributed by atoms with Crippen molar-refractivity contribution in [1.29, 1.82) is 0 Å². The van der Waals surface area contributed by atoms with Crippen LogP contribution in [-0.4, -0.2) is 6.04 Å². The summed E-state index contributed by atoms with van der Waals surface area (Å²) in [5.41, 5.74) is 16.3. The molecule has 57 heavy (non-hydrogen) atoms. The van der Waals surface area contributed by atoms with Crippen molar-refractivity contribution in [1.82, 2.24) is 0 Å². The molecule has 0 N–H and O–H groups in total. The first-order valence-corrected chi connectivity index (χ1v) is 20.0. The number of allylic oxidation sites excluding steroid dienone is 2. The third kappa shape index (κ3) is 5.66. The molecule has 0 saturated heterocycles. The molecule has 0 radical (unpaired) electrons. The molecule has 3 nitrogen and oxygen atoms in total. The molecule has 3 heteroatoms. The minimum Gasteiger partial charge on any atom is -0.456 e. The highest BCUT2D eigenvalue weighted by Crippen LogP contribution is 2.50. The molecule has 1 aromatic heterocycles. The Hall–Kier alpha value is -7.10. The van der Waals surface area contributed by atoms with E-state index in [4.69, 9.17) is 4.42 Å². The lowest BCUT2D eigenvalue weighted by Crippen LogP contribution is -2.28. The maximum atomic E-state index is 6.50. The molecule has 11 rings (SSSR count). The maximum Gasteiger partial charge on any atom is 0.138 e. The van der Waals surface area contributed by atoms with Gasteiger partial charge in [0, 0.05) is 56.0 Å². The van der Waals surface area contributed by atoms with Crippen molar-refractivity contribution >= 4 is 51.1 Å². The Morgan fingerprint density at radius 3 is 2.16 bits per heavy atom. The van der Waals surface area contributed by atoms with Crippen LogP contribution in [0.2, 0.25) is 0 Å². The Labute approximate surface area is 333 Å². The first-order valence-electron chi connectivity index (χ1n) is 20.0. The topological polar surface area (TPSA) is 19.6 Å². The van der Waals surface area contributed by atoms with Crippen LogP contribution in [0, 0.1) is 0 Å². The van der Waals surface area contributed by atoms with Crippen LogP contribution in [-0.2, 0) is 0 Å². The zero-order valence-electron chi connectivity index (χ0n) is 31.5. The van der Waals surface area contributed by atoms with Gasteiger partial charge in [-0.3, -0.25) is 0 Å². The first kappa shape index (κ1) is 33.3. The second-order valence-electron chi connectivity index (χ2n) is 15.1. The summed E-state index contributed by atoms with van der Waals surface area (Å²) < 4.78 is 6.50. The van der Waals surface area contributed by atoms with Crippen LogP contribution in [0.4, 0.5) is 28.4 Å². The van der Waals surface area contributed by atoms with Crippen LogP contribution < -0.4 is 20.4 Å². The largest absolute Gasteiger partial charge is 0.456 e. The molecule has 8 aromatic rings. The van der Waals surface area contributed by atoms with Gasteiger partial charge in [-0.15, -0.1) is 0 Å². The average Bonchev–Trinajstić information content (AvgIpc) is 3.84. The molecule has 2 atom stereocenters. The summed E-state index contributed by atoms with van der Waals surface area (Å²) in [6.45, 7) is 0. The SMILES string of the molecule is C1=CC2c3ccccc3N(c3ccccc3-c3cccc(N(c4ccc(C5=c6oc7ccccc7c6=CCC5)cc4)c4ccccc4-c4ccccc4)c3)C2C=C1. The third-order valence-electron chi connectivity index (χ3n) is 11.9. The third-order valence-corrected chi connectivity index (χ3v) is 11.9. The number of rotatable bonds is 7. The molecule has 0 spiro atoms. The molecule has 3 aliphatic rings. The highest BCUT2D eigenvalue weighted by molar-refractivity contribution is 5.92. The van der Waals surface area contributed by atoms with Crippen molar-refractivity contribution in [3.05, 3.63) is 222 Å². The quantitative estimate of drug-likeness (QED) is 0.163. The normalized spacial score (nSPS) is 16.6. The lowest BCUT2D eigenvalue weighted by atomic mass is 9.91. The minimum atomic E-state index is 0.222. The maximum absolute atomic E-state index is 6.50. The molecule has 0 saturated carbocycles. The summed E-state index contributed by atoms with van der Waals surface area (Å²) in [5, 5.41) is 2.41. The van der Waals surface area contributed by atoms with Gasteiger partial charge in [0.05, 0.1) is 11.7 Å². The summed E-state index contributed by atoms with van der Waals surface area (Å²) in [7, 11) is 0. The van der Waals surface area contributed by atoms with Crippen molar-refractivity contribution in [3.63, 3.8) is 0 Å². The number of furan rings is 1. The van der Waals surface area contributed by atoms with Gasteiger partial charge in [-0.05, 0) is 83.6 Å². The summed E-state index contributed by atoms with van der Waals surface area (Å²) in [4.78, 5) is 4.96. The van der Waals surface area contributed by atoms with Crippen LogP contribution in [0.15, 0.2) is 205 Å². The van der Waals surface area contributed by atoms with Gasteiger partial charge in [-0.2, -0.15) is 0 Å². The zero-order valence-corrected chi connectivity index (χ0v) is 31.5. The Balaban J connectivity index is 1.05. The monoisotopic (exact) mass is 732 g/mol. The molecule has 2 aliphatic carbocycles. The molecule has 0 fully saturated rings. The van der Waals surface area contributed by atoms with Crippen LogP contribution in [0.5, 0.6) is 0 Å². The van der Waals surface area contributed by atoms with Crippen LogP contribution >= 0.6 is 0 Å². The highest BCUT2D eigenvalue weighted by atomic mass is 16.3. The van der Waals surface area contributed by atoms with Crippen molar-refractivity contribution in [2.45, 2.75) is 24.8 Å². The summed E-state index contributed by atoms with van der Waals surface area (Å²) in [5.74, 6) is 0.321. The second kappa shape index (κ2) is 13.9. The van der Waals surface area contributed by atoms with E-state index in [9.17, 15) is 0 Å². The predicted octanol–water partition coefficient (Wildman–Crippen LogP) is 12.7. The molecule has 1 aliphatic heterocycles. The molecule has 272 valence electrons. The van der Waals surface area contributed by atoms with Crippen molar-refractivity contribution in [3.8, 4) is 22.3 Å².